The van der Waals surface area contributed by atoms with Gasteiger partial charge in [0.2, 0.25) is 5.88 Å². The Morgan fingerprint density at radius 2 is 2.29 bits per heavy atom. The van der Waals surface area contributed by atoms with Gasteiger partial charge in [-0.3, -0.25) is 4.79 Å². The highest BCUT2D eigenvalue weighted by molar-refractivity contribution is 5.93. The molecule has 0 aromatic carbocycles. The molecule has 1 saturated heterocycles. The Kier molecular flexibility index (Phi) is 3.85. The SMILES string of the molecule is Cc1ccc(O[C@@H]2CCCN(C(=O)c3ccoc3)C2)nn1. The minimum Gasteiger partial charge on any atom is -0.472 e. The van der Waals surface area contributed by atoms with Gasteiger partial charge in [0.25, 0.3) is 5.91 Å². The number of likely N-dealkylation sites (tertiary alicyclic amines) is 1. The molecule has 0 N–H and O–H groups in total. The Hall–Kier alpha value is -2.37. The lowest BCUT2D eigenvalue weighted by atomic mass is 10.1. The second-order valence-electron chi connectivity index (χ2n) is 5.16. The Morgan fingerprint density at radius 3 is 3.00 bits per heavy atom. The summed E-state index contributed by atoms with van der Waals surface area (Å²) in [4.78, 5) is 14.1. The third kappa shape index (κ3) is 3.21. The quantitative estimate of drug-likeness (QED) is 0.864. The van der Waals surface area contributed by atoms with E-state index in [2.05, 4.69) is 10.2 Å². The van der Waals surface area contributed by atoms with Gasteiger partial charge in [-0.1, -0.05) is 0 Å². The molecular formula is C15H17N3O3. The van der Waals surface area contributed by atoms with Crippen LogP contribution in [0.3, 0.4) is 0 Å². The summed E-state index contributed by atoms with van der Waals surface area (Å²) in [5, 5.41) is 7.97. The number of rotatable bonds is 3. The number of furan rings is 1. The van der Waals surface area contributed by atoms with Crippen molar-refractivity contribution in [2.45, 2.75) is 25.9 Å². The second-order valence-corrected chi connectivity index (χ2v) is 5.16. The highest BCUT2D eigenvalue weighted by atomic mass is 16.5. The molecule has 1 amide bonds. The third-order valence-electron chi connectivity index (χ3n) is 3.49. The van der Waals surface area contributed by atoms with Gasteiger partial charge in [0.1, 0.15) is 12.4 Å². The maximum atomic E-state index is 12.3. The maximum absolute atomic E-state index is 12.3. The molecule has 3 rings (SSSR count). The number of ether oxygens (including phenoxy) is 1. The van der Waals surface area contributed by atoms with Gasteiger partial charge in [-0.05, 0) is 31.9 Å². The number of nitrogens with zero attached hydrogens (tertiary/aromatic N) is 3. The van der Waals surface area contributed by atoms with Crippen molar-refractivity contribution in [1.82, 2.24) is 15.1 Å². The molecule has 0 radical (unpaired) electrons. The molecule has 0 saturated carbocycles. The molecule has 3 heterocycles. The maximum Gasteiger partial charge on any atom is 0.257 e. The monoisotopic (exact) mass is 287 g/mol. The van der Waals surface area contributed by atoms with Crippen molar-refractivity contribution in [3.05, 3.63) is 42.0 Å². The summed E-state index contributed by atoms with van der Waals surface area (Å²) in [6.45, 7) is 3.17. The van der Waals surface area contributed by atoms with Crippen LogP contribution in [0.15, 0.2) is 35.1 Å². The fourth-order valence-electron chi connectivity index (χ4n) is 2.41. The predicted molar refractivity (Wildman–Crippen MR) is 75.0 cm³/mol. The number of aromatic nitrogens is 2. The van der Waals surface area contributed by atoms with Crippen LogP contribution in [0.25, 0.3) is 0 Å². The van der Waals surface area contributed by atoms with Crippen molar-refractivity contribution >= 4 is 5.91 Å². The van der Waals surface area contributed by atoms with E-state index in [1.54, 1.807) is 17.0 Å². The zero-order valence-electron chi connectivity index (χ0n) is 11.9. The number of carbonyl (C=O) groups excluding carboxylic acids is 1. The fraction of sp³-hybridized carbons (Fsp3) is 0.400. The molecule has 0 aliphatic carbocycles. The Morgan fingerprint density at radius 1 is 1.38 bits per heavy atom. The molecule has 2 aromatic heterocycles. The first kappa shape index (κ1) is 13.6. The molecule has 110 valence electrons. The summed E-state index contributed by atoms with van der Waals surface area (Å²) in [5.41, 5.74) is 1.42. The molecule has 2 aromatic rings. The van der Waals surface area contributed by atoms with Gasteiger partial charge >= 0.3 is 0 Å². The topological polar surface area (TPSA) is 68.5 Å². The van der Waals surface area contributed by atoms with E-state index in [1.165, 1.54) is 12.5 Å². The number of carbonyl (C=O) groups is 1. The Balaban J connectivity index is 1.63. The number of hydrogen-bond acceptors (Lipinski definition) is 5. The van der Waals surface area contributed by atoms with Crippen LogP contribution in [0, 0.1) is 6.92 Å². The van der Waals surface area contributed by atoms with Crippen molar-refractivity contribution in [2.24, 2.45) is 0 Å². The number of amides is 1. The molecule has 0 bridgehead atoms. The van der Waals surface area contributed by atoms with Gasteiger partial charge in [0.05, 0.1) is 24.1 Å². The number of aryl methyl sites for hydroxylation is 1. The minimum atomic E-state index is -0.0494. The van der Waals surface area contributed by atoms with E-state index < -0.39 is 0 Å². The van der Waals surface area contributed by atoms with E-state index in [0.717, 1.165) is 25.1 Å². The molecule has 0 spiro atoms. The van der Waals surface area contributed by atoms with Gasteiger partial charge in [-0.2, -0.15) is 5.10 Å². The Labute approximate surface area is 122 Å². The number of hydrogen-bond donors (Lipinski definition) is 0. The lowest BCUT2D eigenvalue weighted by molar-refractivity contribution is 0.0525. The van der Waals surface area contributed by atoms with Gasteiger partial charge in [-0.15, -0.1) is 5.10 Å². The zero-order chi connectivity index (χ0) is 14.7. The zero-order valence-corrected chi connectivity index (χ0v) is 11.9. The average molecular weight is 287 g/mol. The fourth-order valence-corrected chi connectivity index (χ4v) is 2.41. The van der Waals surface area contributed by atoms with Crippen LogP contribution in [0.5, 0.6) is 5.88 Å². The predicted octanol–water partition coefficient (Wildman–Crippen LogP) is 2.06. The third-order valence-corrected chi connectivity index (χ3v) is 3.49. The van der Waals surface area contributed by atoms with Gasteiger partial charge < -0.3 is 14.1 Å². The summed E-state index contributed by atoms with van der Waals surface area (Å²) in [7, 11) is 0. The van der Waals surface area contributed by atoms with Crippen LogP contribution in [0.2, 0.25) is 0 Å². The van der Waals surface area contributed by atoms with Crippen molar-refractivity contribution in [1.29, 1.82) is 0 Å². The van der Waals surface area contributed by atoms with E-state index in [1.807, 2.05) is 13.0 Å². The van der Waals surface area contributed by atoms with Crippen LogP contribution >= 0.6 is 0 Å². The first-order valence-corrected chi connectivity index (χ1v) is 7.01. The molecule has 21 heavy (non-hydrogen) atoms. The second kappa shape index (κ2) is 5.95. The molecule has 0 unspecified atom stereocenters. The van der Waals surface area contributed by atoms with E-state index in [9.17, 15) is 4.79 Å². The minimum absolute atomic E-state index is 0.0213. The van der Waals surface area contributed by atoms with Crippen LogP contribution in [-0.2, 0) is 0 Å². The van der Waals surface area contributed by atoms with Gasteiger partial charge in [0.15, 0.2) is 0 Å². The van der Waals surface area contributed by atoms with Crippen molar-refractivity contribution in [3.8, 4) is 5.88 Å². The van der Waals surface area contributed by atoms with E-state index in [4.69, 9.17) is 9.15 Å². The van der Waals surface area contributed by atoms with E-state index in [-0.39, 0.29) is 12.0 Å². The van der Waals surface area contributed by atoms with Crippen molar-refractivity contribution < 1.29 is 13.9 Å². The highest BCUT2D eigenvalue weighted by Crippen LogP contribution is 2.18. The summed E-state index contributed by atoms with van der Waals surface area (Å²) in [6, 6.07) is 5.34. The first-order valence-electron chi connectivity index (χ1n) is 7.01. The summed E-state index contributed by atoms with van der Waals surface area (Å²) in [5.74, 6) is 0.482. The Bertz CT molecular complexity index is 595. The smallest absolute Gasteiger partial charge is 0.257 e. The molecule has 6 heteroatoms. The van der Waals surface area contributed by atoms with Gasteiger partial charge in [-0.25, -0.2) is 0 Å². The van der Waals surface area contributed by atoms with Crippen LogP contribution in [0.4, 0.5) is 0 Å². The summed E-state index contributed by atoms with van der Waals surface area (Å²) >= 11 is 0. The van der Waals surface area contributed by atoms with E-state index >= 15 is 0 Å². The molecule has 1 atom stereocenters. The summed E-state index contributed by atoms with van der Waals surface area (Å²) < 4.78 is 10.8. The van der Waals surface area contributed by atoms with Crippen LogP contribution < -0.4 is 4.74 Å². The number of piperidine rings is 1. The molecule has 6 nitrogen and oxygen atoms in total. The lowest BCUT2D eigenvalue weighted by Crippen LogP contribution is -2.44. The normalized spacial score (nSPS) is 18.5. The standard InChI is InChI=1S/C15H17N3O3/c1-11-4-5-14(17-16-11)21-13-3-2-7-18(9-13)15(19)12-6-8-20-10-12/h4-6,8,10,13H,2-3,7,9H2,1H3/t13-/m1/s1. The largest absolute Gasteiger partial charge is 0.472 e. The molecular weight excluding hydrogens is 270 g/mol. The van der Waals surface area contributed by atoms with Crippen LogP contribution in [0.1, 0.15) is 28.9 Å². The van der Waals surface area contributed by atoms with Crippen molar-refractivity contribution in [3.63, 3.8) is 0 Å². The highest BCUT2D eigenvalue weighted by Gasteiger charge is 2.26. The van der Waals surface area contributed by atoms with E-state index in [0.29, 0.717) is 18.0 Å². The molecule has 1 aliphatic heterocycles. The van der Waals surface area contributed by atoms with Crippen LogP contribution in [-0.4, -0.2) is 40.2 Å². The first-order chi connectivity index (χ1) is 10.2. The summed E-state index contributed by atoms with van der Waals surface area (Å²) in [6.07, 6.45) is 4.75. The van der Waals surface area contributed by atoms with Gasteiger partial charge in [0, 0.05) is 12.6 Å². The molecule has 1 fully saturated rings. The average Bonchev–Trinajstić information content (AvgIpc) is 3.03. The molecule has 1 aliphatic rings. The van der Waals surface area contributed by atoms with Crippen molar-refractivity contribution in [2.75, 3.05) is 13.1 Å². The lowest BCUT2D eigenvalue weighted by Gasteiger charge is -2.32.